The minimum Gasteiger partial charge on any atom is -0.383 e. The maximum atomic E-state index is 12.1. The van der Waals surface area contributed by atoms with Crippen molar-refractivity contribution in [2.24, 2.45) is 5.92 Å². The van der Waals surface area contributed by atoms with E-state index in [-0.39, 0.29) is 5.91 Å². The first-order valence-corrected chi connectivity index (χ1v) is 7.37. The summed E-state index contributed by atoms with van der Waals surface area (Å²) in [6, 6.07) is 7.98. The number of hydrogen-bond donors (Lipinski definition) is 2. The SMILES string of the molecule is CC(C)Nc1cccc(C(=O)NC[C@H]2CCCOC2)c1. The Labute approximate surface area is 120 Å². The molecule has 0 aromatic heterocycles. The van der Waals surface area contributed by atoms with E-state index in [9.17, 15) is 4.79 Å². The quantitative estimate of drug-likeness (QED) is 0.869. The number of ether oxygens (including phenoxy) is 1. The number of hydrogen-bond acceptors (Lipinski definition) is 3. The maximum absolute atomic E-state index is 12.1. The van der Waals surface area contributed by atoms with Gasteiger partial charge < -0.3 is 15.4 Å². The van der Waals surface area contributed by atoms with Gasteiger partial charge in [-0.25, -0.2) is 0 Å². The zero-order chi connectivity index (χ0) is 14.4. The third kappa shape index (κ3) is 4.53. The van der Waals surface area contributed by atoms with Gasteiger partial charge >= 0.3 is 0 Å². The molecule has 1 heterocycles. The second-order valence-corrected chi connectivity index (χ2v) is 5.67. The number of carbonyl (C=O) groups is 1. The summed E-state index contributed by atoms with van der Waals surface area (Å²) >= 11 is 0. The summed E-state index contributed by atoms with van der Waals surface area (Å²) in [5, 5.41) is 6.31. The molecule has 1 aliphatic rings. The van der Waals surface area contributed by atoms with Gasteiger partial charge in [0.05, 0.1) is 6.61 Å². The van der Waals surface area contributed by atoms with Gasteiger partial charge in [0.15, 0.2) is 0 Å². The fourth-order valence-corrected chi connectivity index (χ4v) is 2.39. The van der Waals surface area contributed by atoms with E-state index in [2.05, 4.69) is 24.5 Å². The first-order valence-electron chi connectivity index (χ1n) is 7.37. The standard InChI is InChI=1S/C16H24N2O2/c1-12(2)18-15-7-3-6-14(9-15)16(19)17-10-13-5-4-8-20-11-13/h3,6-7,9,12-13,18H,4-5,8,10-11H2,1-2H3,(H,17,19)/t13-/m1/s1. The van der Waals surface area contributed by atoms with Crippen LogP contribution in [0.15, 0.2) is 24.3 Å². The van der Waals surface area contributed by atoms with Gasteiger partial charge in [0.25, 0.3) is 5.91 Å². The highest BCUT2D eigenvalue weighted by Gasteiger charge is 2.15. The molecule has 1 aromatic carbocycles. The third-order valence-corrected chi connectivity index (χ3v) is 3.39. The van der Waals surface area contributed by atoms with E-state index in [4.69, 9.17) is 4.74 Å². The largest absolute Gasteiger partial charge is 0.383 e. The number of rotatable bonds is 5. The van der Waals surface area contributed by atoms with Gasteiger partial charge in [0.2, 0.25) is 0 Å². The van der Waals surface area contributed by atoms with Crippen LogP contribution in [-0.4, -0.2) is 31.7 Å². The van der Waals surface area contributed by atoms with E-state index in [1.807, 2.05) is 24.3 Å². The minimum absolute atomic E-state index is 0.0111. The molecule has 0 bridgehead atoms. The predicted molar refractivity (Wildman–Crippen MR) is 81.1 cm³/mol. The van der Waals surface area contributed by atoms with Crippen LogP contribution in [0.4, 0.5) is 5.69 Å². The Morgan fingerprint density at radius 3 is 3.00 bits per heavy atom. The van der Waals surface area contributed by atoms with E-state index >= 15 is 0 Å². The van der Waals surface area contributed by atoms with Crippen LogP contribution in [0.25, 0.3) is 0 Å². The number of amides is 1. The highest BCUT2D eigenvalue weighted by molar-refractivity contribution is 5.95. The lowest BCUT2D eigenvalue weighted by Crippen LogP contribution is -2.33. The molecule has 0 saturated carbocycles. The lowest BCUT2D eigenvalue weighted by Gasteiger charge is -2.22. The van der Waals surface area contributed by atoms with Crippen molar-refractivity contribution in [2.75, 3.05) is 25.1 Å². The van der Waals surface area contributed by atoms with Crippen LogP contribution in [0.1, 0.15) is 37.0 Å². The number of carbonyl (C=O) groups excluding carboxylic acids is 1. The Kier molecular flexibility index (Phi) is 5.41. The van der Waals surface area contributed by atoms with Crippen LogP contribution in [0, 0.1) is 5.92 Å². The Hall–Kier alpha value is -1.55. The smallest absolute Gasteiger partial charge is 0.251 e. The van der Waals surface area contributed by atoms with Gasteiger partial charge in [0, 0.05) is 30.4 Å². The monoisotopic (exact) mass is 276 g/mol. The average molecular weight is 276 g/mol. The van der Waals surface area contributed by atoms with Gasteiger partial charge in [-0.15, -0.1) is 0 Å². The van der Waals surface area contributed by atoms with Crippen molar-refractivity contribution in [3.63, 3.8) is 0 Å². The lowest BCUT2D eigenvalue weighted by molar-refractivity contribution is 0.0536. The Morgan fingerprint density at radius 1 is 1.45 bits per heavy atom. The minimum atomic E-state index is -0.0111. The van der Waals surface area contributed by atoms with Crippen molar-refractivity contribution >= 4 is 11.6 Å². The second kappa shape index (κ2) is 7.29. The average Bonchev–Trinajstić information content (AvgIpc) is 2.45. The number of anilines is 1. The summed E-state index contributed by atoms with van der Waals surface area (Å²) in [6.07, 6.45) is 2.23. The third-order valence-electron chi connectivity index (χ3n) is 3.39. The second-order valence-electron chi connectivity index (χ2n) is 5.67. The molecule has 1 saturated heterocycles. The molecular weight excluding hydrogens is 252 g/mol. The van der Waals surface area contributed by atoms with Crippen LogP contribution in [-0.2, 0) is 4.74 Å². The van der Waals surface area contributed by atoms with E-state index in [1.54, 1.807) is 0 Å². The molecule has 1 atom stereocenters. The van der Waals surface area contributed by atoms with Crippen molar-refractivity contribution in [1.29, 1.82) is 0 Å². The highest BCUT2D eigenvalue weighted by Crippen LogP contribution is 2.14. The summed E-state index contributed by atoms with van der Waals surface area (Å²) < 4.78 is 5.42. The van der Waals surface area contributed by atoms with Crippen molar-refractivity contribution in [3.05, 3.63) is 29.8 Å². The van der Waals surface area contributed by atoms with E-state index in [0.29, 0.717) is 24.1 Å². The molecule has 0 radical (unpaired) electrons. The molecule has 1 aromatic rings. The normalized spacial score (nSPS) is 18.9. The fraction of sp³-hybridized carbons (Fsp3) is 0.562. The van der Waals surface area contributed by atoms with Gasteiger partial charge in [0.1, 0.15) is 0 Å². The summed E-state index contributed by atoms with van der Waals surface area (Å²) in [5.74, 6) is 0.438. The topological polar surface area (TPSA) is 50.4 Å². The summed E-state index contributed by atoms with van der Waals surface area (Å²) in [7, 11) is 0. The molecule has 0 aliphatic carbocycles. The van der Waals surface area contributed by atoms with Crippen LogP contribution < -0.4 is 10.6 Å². The zero-order valence-electron chi connectivity index (χ0n) is 12.3. The highest BCUT2D eigenvalue weighted by atomic mass is 16.5. The Bertz CT molecular complexity index is 440. The van der Waals surface area contributed by atoms with Crippen LogP contribution in [0.5, 0.6) is 0 Å². The zero-order valence-corrected chi connectivity index (χ0v) is 12.3. The molecule has 4 heteroatoms. The molecule has 20 heavy (non-hydrogen) atoms. The van der Waals surface area contributed by atoms with Crippen LogP contribution in [0.2, 0.25) is 0 Å². The number of nitrogens with one attached hydrogen (secondary N) is 2. The van der Waals surface area contributed by atoms with Crippen molar-refractivity contribution in [1.82, 2.24) is 5.32 Å². The molecule has 1 amide bonds. The molecule has 0 spiro atoms. The van der Waals surface area contributed by atoms with E-state index < -0.39 is 0 Å². The van der Waals surface area contributed by atoms with Crippen LogP contribution >= 0.6 is 0 Å². The van der Waals surface area contributed by atoms with Crippen molar-refractivity contribution in [2.45, 2.75) is 32.7 Å². The fourth-order valence-electron chi connectivity index (χ4n) is 2.39. The van der Waals surface area contributed by atoms with Gasteiger partial charge in [-0.3, -0.25) is 4.79 Å². The molecule has 1 fully saturated rings. The van der Waals surface area contributed by atoms with E-state index in [0.717, 1.165) is 31.7 Å². The van der Waals surface area contributed by atoms with Gasteiger partial charge in [-0.1, -0.05) is 6.07 Å². The first-order chi connectivity index (χ1) is 9.65. The summed E-state index contributed by atoms with van der Waals surface area (Å²) in [5.41, 5.74) is 1.68. The Morgan fingerprint density at radius 2 is 2.30 bits per heavy atom. The van der Waals surface area contributed by atoms with Crippen molar-refractivity contribution in [3.8, 4) is 0 Å². The van der Waals surface area contributed by atoms with Crippen LogP contribution in [0.3, 0.4) is 0 Å². The molecule has 0 unspecified atom stereocenters. The van der Waals surface area contributed by atoms with Gasteiger partial charge in [-0.2, -0.15) is 0 Å². The molecule has 110 valence electrons. The first kappa shape index (κ1) is 14.9. The lowest BCUT2D eigenvalue weighted by atomic mass is 10.0. The predicted octanol–water partition coefficient (Wildman–Crippen LogP) is 2.66. The van der Waals surface area contributed by atoms with Gasteiger partial charge in [-0.05, 0) is 50.8 Å². The van der Waals surface area contributed by atoms with E-state index in [1.165, 1.54) is 0 Å². The van der Waals surface area contributed by atoms with Crippen molar-refractivity contribution < 1.29 is 9.53 Å². The molecule has 4 nitrogen and oxygen atoms in total. The molecule has 2 rings (SSSR count). The summed E-state index contributed by atoms with van der Waals surface area (Å²) in [6.45, 7) is 6.47. The maximum Gasteiger partial charge on any atom is 0.251 e. The molecule has 2 N–H and O–H groups in total. The molecule has 1 aliphatic heterocycles. The Balaban J connectivity index is 1.88. The number of benzene rings is 1. The molecular formula is C16H24N2O2. The summed E-state index contributed by atoms with van der Waals surface area (Å²) in [4.78, 5) is 12.1.